The Balaban J connectivity index is 1.37. The number of urea groups is 1. The van der Waals surface area contributed by atoms with E-state index in [1.807, 2.05) is 31.3 Å². The lowest BCUT2D eigenvalue weighted by molar-refractivity contribution is 0.243. The van der Waals surface area contributed by atoms with Crippen molar-refractivity contribution in [1.82, 2.24) is 20.4 Å². The molecule has 156 valence electrons. The van der Waals surface area contributed by atoms with Crippen LogP contribution in [0.5, 0.6) is 5.75 Å². The highest BCUT2D eigenvalue weighted by Gasteiger charge is 2.35. The summed E-state index contributed by atoms with van der Waals surface area (Å²) in [6.07, 6.45) is 0.675. The Bertz CT molecular complexity index is 1010. The smallest absolute Gasteiger partial charge is 0.319 e. The Hall–Kier alpha value is -3.10. The van der Waals surface area contributed by atoms with E-state index in [9.17, 15) is 4.79 Å². The molecule has 0 aliphatic carbocycles. The van der Waals surface area contributed by atoms with E-state index in [-0.39, 0.29) is 18.1 Å². The molecule has 0 spiro atoms. The molecule has 0 saturated carbocycles. The van der Waals surface area contributed by atoms with Gasteiger partial charge in [-0.05, 0) is 62.0 Å². The highest BCUT2D eigenvalue weighted by Crippen LogP contribution is 2.31. The number of ether oxygens (including phenoxy) is 1. The maximum Gasteiger partial charge on any atom is 0.319 e. The molecule has 1 aliphatic rings. The Kier molecular flexibility index (Phi) is 5.87. The summed E-state index contributed by atoms with van der Waals surface area (Å²) in [7, 11) is 3.60. The normalized spacial score (nSPS) is 18.9. The fourth-order valence-electron chi connectivity index (χ4n) is 3.51. The van der Waals surface area contributed by atoms with E-state index in [1.54, 1.807) is 31.4 Å². The Morgan fingerprint density at radius 3 is 2.63 bits per heavy atom. The number of carbonyl (C=O) groups excluding carboxylic acids is 1. The fraction of sp³-hybridized carbons (Fsp3) is 0.286. The van der Waals surface area contributed by atoms with Gasteiger partial charge < -0.3 is 19.9 Å². The Morgan fingerprint density at radius 1 is 1.20 bits per heavy atom. The average Bonchev–Trinajstić information content (AvgIpc) is 3.36. The van der Waals surface area contributed by atoms with Crippen molar-refractivity contribution >= 4 is 23.3 Å². The quantitative estimate of drug-likeness (QED) is 0.640. The number of amides is 2. The highest BCUT2D eigenvalue weighted by molar-refractivity contribution is 6.30. The van der Waals surface area contributed by atoms with E-state index in [0.29, 0.717) is 35.4 Å². The topological polar surface area (TPSA) is 92.5 Å². The maximum absolute atomic E-state index is 12.3. The number of nitrogens with one attached hydrogen (secondary N) is 2. The number of anilines is 1. The van der Waals surface area contributed by atoms with Gasteiger partial charge in [-0.15, -0.1) is 0 Å². The van der Waals surface area contributed by atoms with Gasteiger partial charge in [0, 0.05) is 28.9 Å². The number of likely N-dealkylation sites (N-methyl/N-ethyl adjacent to an activating group) is 1. The first-order valence-corrected chi connectivity index (χ1v) is 9.91. The minimum absolute atomic E-state index is 0.0383. The zero-order valence-corrected chi connectivity index (χ0v) is 17.4. The third-order valence-electron chi connectivity index (χ3n) is 5.06. The first-order valence-electron chi connectivity index (χ1n) is 9.53. The Morgan fingerprint density at radius 2 is 1.93 bits per heavy atom. The maximum atomic E-state index is 12.3. The van der Waals surface area contributed by atoms with Gasteiger partial charge >= 0.3 is 6.03 Å². The van der Waals surface area contributed by atoms with Gasteiger partial charge in [0.15, 0.2) is 0 Å². The van der Waals surface area contributed by atoms with Crippen molar-refractivity contribution in [1.29, 1.82) is 0 Å². The third-order valence-corrected chi connectivity index (χ3v) is 5.31. The van der Waals surface area contributed by atoms with Crippen LogP contribution in [-0.2, 0) is 0 Å². The van der Waals surface area contributed by atoms with E-state index in [2.05, 4.69) is 25.7 Å². The number of halogens is 1. The standard InChI is InChI=1S/C21H22ClN5O3/c1-27-12-16(24-21(28)23-15-7-5-14(22)6-8-15)11-18(27)20-25-19(26-30-20)13-3-9-17(29-2)10-4-13/h3-10,16,18H,11-12H2,1-2H3,(H2,23,24,28). The molecule has 2 heterocycles. The number of hydrogen-bond acceptors (Lipinski definition) is 6. The molecule has 2 unspecified atom stereocenters. The first-order chi connectivity index (χ1) is 14.5. The second kappa shape index (κ2) is 8.73. The molecule has 0 radical (unpaired) electrons. The summed E-state index contributed by atoms with van der Waals surface area (Å²) in [4.78, 5) is 19.0. The van der Waals surface area contributed by atoms with Gasteiger partial charge in [0.05, 0.1) is 13.2 Å². The molecule has 1 aromatic heterocycles. The second-order valence-electron chi connectivity index (χ2n) is 7.18. The molecule has 2 aromatic carbocycles. The van der Waals surface area contributed by atoms with Crippen molar-refractivity contribution in [2.45, 2.75) is 18.5 Å². The van der Waals surface area contributed by atoms with Crippen LogP contribution in [0.2, 0.25) is 5.02 Å². The lowest BCUT2D eigenvalue weighted by Gasteiger charge is -2.14. The summed E-state index contributed by atoms with van der Waals surface area (Å²) >= 11 is 5.87. The number of aromatic nitrogens is 2. The van der Waals surface area contributed by atoms with Gasteiger partial charge in [-0.25, -0.2) is 4.79 Å². The zero-order valence-electron chi connectivity index (χ0n) is 16.6. The van der Waals surface area contributed by atoms with Crippen LogP contribution < -0.4 is 15.4 Å². The van der Waals surface area contributed by atoms with Crippen molar-refractivity contribution in [3.63, 3.8) is 0 Å². The minimum Gasteiger partial charge on any atom is -0.497 e. The van der Waals surface area contributed by atoms with Crippen LogP contribution in [0.4, 0.5) is 10.5 Å². The molecule has 1 aliphatic heterocycles. The molecule has 0 bridgehead atoms. The summed E-state index contributed by atoms with van der Waals surface area (Å²) in [5.41, 5.74) is 1.53. The van der Waals surface area contributed by atoms with Crippen LogP contribution in [0.1, 0.15) is 18.4 Å². The summed E-state index contributed by atoms with van der Waals surface area (Å²) in [6.45, 7) is 0.680. The predicted octanol–water partition coefficient (Wildman–Crippen LogP) is 3.97. The number of likely N-dealkylation sites (tertiary alicyclic amines) is 1. The minimum atomic E-state index is -0.263. The van der Waals surface area contributed by atoms with E-state index in [1.165, 1.54) is 0 Å². The van der Waals surface area contributed by atoms with E-state index in [4.69, 9.17) is 20.9 Å². The van der Waals surface area contributed by atoms with Gasteiger partial charge in [0.2, 0.25) is 11.7 Å². The number of rotatable bonds is 5. The molecule has 3 aromatic rings. The molecule has 30 heavy (non-hydrogen) atoms. The molecule has 4 rings (SSSR count). The van der Waals surface area contributed by atoms with Crippen LogP contribution in [0, 0.1) is 0 Å². The summed E-state index contributed by atoms with van der Waals surface area (Å²) in [5.74, 6) is 1.83. The summed E-state index contributed by atoms with van der Waals surface area (Å²) in [5, 5.41) is 10.5. The first kappa shape index (κ1) is 20.2. The largest absolute Gasteiger partial charge is 0.497 e. The molecule has 2 N–H and O–H groups in total. The van der Waals surface area contributed by atoms with E-state index < -0.39 is 0 Å². The Labute approximate surface area is 179 Å². The molecular formula is C21H22ClN5O3. The molecule has 1 fully saturated rings. The second-order valence-corrected chi connectivity index (χ2v) is 7.61. The number of hydrogen-bond donors (Lipinski definition) is 2. The van der Waals surface area contributed by atoms with Crippen molar-refractivity contribution < 1.29 is 14.1 Å². The van der Waals surface area contributed by atoms with E-state index >= 15 is 0 Å². The SMILES string of the molecule is COc1ccc(-c2noc(C3CC(NC(=O)Nc4ccc(Cl)cc4)CN3C)n2)cc1. The van der Waals surface area contributed by atoms with Crippen molar-refractivity contribution in [3.05, 3.63) is 59.4 Å². The molecule has 9 heteroatoms. The highest BCUT2D eigenvalue weighted by atomic mass is 35.5. The lowest BCUT2D eigenvalue weighted by Crippen LogP contribution is -2.39. The van der Waals surface area contributed by atoms with Crippen LogP contribution in [-0.4, -0.2) is 47.8 Å². The molecule has 2 atom stereocenters. The monoisotopic (exact) mass is 427 g/mol. The van der Waals surface area contributed by atoms with Crippen LogP contribution >= 0.6 is 11.6 Å². The van der Waals surface area contributed by atoms with Crippen LogP contribution in [0.3, 0.4) is 0 Å². The molecule has 1 saturated heterocycles. The number of nitrogens with zero attached hydrogens (tertiary/aromatic N) is 3. The van der Waals surface area contributed by atoms with Crippen molar-refractivity contribution in [3.8, 4) is 17.1 Å². The van der Waals surface area contributed by atoms with Gasteiger partial charge in [-0.1, -0.05) is 16.8 Å². The summed E-state index contributed by atoms with van der Waals surface area (Å²) in [6, 6.07) is 14.1. The molecular weight excluding hydrogens is 406 g/mol. The van der Waals surface area contributed by atoms with Crippen LogP contribution in [0.25, 0.3) is 11.4 Å². The van der Waals surface area contributed by atoms with Gasteiger partial charge in [-0.2, -0.15) is 4.98 Å². The number of methoxy groups -OCH3 is 1. The summed E-state index contributed by atoms with van der Waals surface area (Å²) < 4.78 is 10.7. The van der Waals surface area contributed by atoms with E-state index in [0.717, 1.165) is 11.3 Å². The van der Waals surface area contributed by atoms with Crippen LogP contribution in [0.15, 0.2) is 53.1 Å². The zero-order chi connectivity index (χ0) is 21.1. The number of carbonyl (C=O) groups is 1. The average molecular weight is 428 g/mol. The van der Waals surface area contributed by atoms with Crippen molar-refractivity contribution in [2.75, 3.05) is 26.0 Å². The fourth-order valence-corrected chi connectivity index (χ4v) is 3.63. The van der Waals surface area contributed by atoms with Gasteiger partial charge in [-0.3, -0.25) is 4.90 Å². The molecule has 8 nitrogen and oxygen atoms in total. The van der Waals surface area contributed by atoms with Gasteiger partial charge in [0.25, 0.3) is 0 Å². The predicted molar refractivity (Wildman–Crippen MR) is 114 cm³/mol. The van der Waals surface area contributed by atoms with Crippen molar-refractivity contribution in [2.24, 2.45) is 0 Å². The lowest BCUT2D eigenvalue weighted by atomic mass is 10.1. The van der Waals surface area contributed by atoms with Gasteiger partial charge in [0.1, 0.15) is 5.75 Å². The number of benzene rings is 2. The molecule has 2 amide bonds. The third kappa shape index (κ3) is 4.55.